The Kier molecular flexibility index (Phi) is 5.14. The molecule has 8 nitrogen and oxygen atoms in total. The van der Waals surface area contributed by atoms with Gasteiger partial charge in [-0.2, -0.15) is 4.72 Å². The van der Waals surface area contributed by atoms with Crippen LogP contribution in [0.5, 0.6) is 11.5 Å². The summed E-state index contributed by atoms with van der Waals surface area (Å²) in [4.78, 5) is 20.7. The number of halogens is 2. The highest BCUT2D eigenvalue weighted by Gasteiger charge is 2.20. The van der Waals surface area contributed by atoms with Crippen LogP contribution >= 0.6 is 0 Å². The normalized spacial score (nSPS) is 12.2. The summed E-state index contributed by atoms with van der Waals surface area (Å²) in [6.45, 7) is 0. The van der Waals surface area contributed by atoms with Gasteiger partial charge in [0, 0.05) is 30.3 Å². The molecule has 1 N–H and O–H groups in total. The Balaban J connectivity index is 1.91. The number of pyridine rings is 1. The van der Waals surface area contributed by atoms with Gasteiger partial charge in [-0.25, -0.2) is 18.7 Å². The summed E-state index contributed by atoms with van der Waals surface area (Å²) in [5.41, 5.74) is 0.364. The fourth-order valence-electron chi connectivity index (χ4n) is 2.85. The van der Waals surface area contributed by atoms with E-state index >= 15 is 0 Å². The van der Waals surface area contributed by atoms with Crippen molar-refractivity contribution in [2.45, 2.75) is 0 Å². The largest absolute Gasteiger partial charge is 0.593 e. The molecular weight excluding hydrogens is 418 g/mol. The van der Waals surface area contributed by atoms with Crippen LogP contribution in [0.3, 0.4) is 0 Å². The Labute approximate surface area is 171 Å². The first-order chi connectivity index (χ1) is 14.3. The molecule has 0 amide bonds. The summed E-state index contributed by atoms with van der Waals surface area (Å²) in [7, 11) is 1.54. The minimum absolute atomic E-state index is 0.0308. The molecule has 0 saturated heterocycles. The van der Waals surface area contributed by atoms with Crippen LogP contribution < -0.4 is 15.0 Å². The standard InChI is InChI=1S/C19H14F2N4O4S/c1-25-9-12(11-5-6-28-17(11)18(25)26)16-15(8-22-19(23-16)24-30(2)27)29-14-4-3-10(20)7-13(14)21/h3-9H,1-2H3,(H,22,23,24). The molecule has 30 heavy (non-hydrogen) atoms. The van der Waals surface area contributed by atoms with E-state index in [9.17, 15) is 18.1 Å². The second kappa shape index (κ2) is 7.76. The lowest BCUT2D eigenvalue weighted by Gasteiger charge is -2.14. The van der Waals surface area contributed by atoms with Gasteiger partial charge in [-0.3, -0.25) is 4.79 Å². The SMILES string of the molecule is Cn1cc(-c2nc(N[S+](C)[O-])ncc2Oc2ccc(F)cc2F)c2ccoc2c1=O. The van der Waals surface area contributed by atoms with Crippen molar-refractivity contribution in [2.75, 3.05) is 11.0 Å². The number of nitrogens with zero attached hydrogens (tertiary/aromatic N) is 3. The van der Waals surface area contributed by atoms with Gasteiger partial charge in [0.2, 0.25) is 0 Å². The Morgan fingerprint density at radius 2 is 2.07 bits per heavy atom. The van der Waals surface area contributed by atoms with Gasteiger partial charge < -0.3 is 18.3 Å². The highest BCUT2D eigenvalue weighted by atomic mass is 32.2. The molecule has 0 radical (unpaired) electrons. The lowest BCUT2D eigenvalue weighted by Crippen LogP contribution is -2.16. The fourth-order valence-corrected chi connectivity index (χ4v) is 3.21. The van der Waals surface area contributed by atoms with Crippen LogP contribution in [-0.4, -0.2) is 25.3 Å². The molecule has 0 spiro atoms. The van der Waals surface area contributed by atoms with E-state index in [1.165, 1.54) is 36.5 Å². The monoisotopic (exact) mass is 432 g/mol. The van der Waals surface area contributed by atoms with Crippen molar-refractivity contribution in [1.82, 2.24) is 14.5 Å². The molecule has 4 rings (SSSR count). The smallest absolute Gasteiger partial charge is 0.293 e. The van der Waals surface area contributed by atoms with E-state index in [4.69, 9.17) is 9.15 Å². The summed E-state index contributed by atoms with van der Waals surface area (Å²) >= 11 is -1.45. The highest BCUT2D eigenvalue weighted by Crippen LogP contribution is 2.36. The highest BCUT2D eigenvalue weighted by molar-refractivity contribution is 7.91. The summed E-state index contributed by atoms with van der Waals surface area (Å²) < 4.78 is 53.7. The van der Waals surface area contributed by atoms with E-state index in [2.05, 4.69) is 14.7 Å². The second-order valence-electron chi connectivity index (χ2n) is 6.26. The van der Waals surface area contributed by atoms with Crippen LogP contribution in [0.2, 0.25) is 0 Å². The van der Waals surface area contributed by atoms with Gasteiger partial charge in [-0.15, -0.1) is 0 Å². The number of nitrogens with one attached hydrogen (secondary N) is 1. The van der Waals surface area contributed by atoms with E-state index in [1.807, 2.05) is 0 Å². The Bertz CT molecular complexity index is 1310. The molecule has 3 heterocycles. The molecule has 0 aliphatic rings. The molecule has 154 valence electrons. The van der Waals surface area contributed by atoms with Gasteiger partial charge in [0.1, 0.15) is 17.8 Å². The number of furan rings is 1. The predicted octanol–water partition coefficient (Wildman–Crippen LogP) is 3.36. The van der Waals surface area contributed by atoms with E-state index in [1.54, 1.807) is 6.07 Å². The number of rotatable bonds is 5. The molecule has 0 aliphatic carbocycles. The van der Waals surface area contributed by atoms with Gasteiger partial charge in [-0.1, -0.05) is 0 Å². The van der Waals surface area contributed by atoms with Crippen LogP contribution in [0.1, 0.15) is 0 Å². The molecule has 0 saturated carbocycles. The lowest BCUT2D eigenvalue weighted by atomic mass is 10.1. The van der Waals surface area contributed by atoms with Crippen molar-refractivity contribution in [3.8, 4) is 22.8 Å². The number of hydrogen-bond acceptors (Lipinski definition) is 7. The van der Waals surface area contributed by atoms with Crippen molar-refractivity contribution < 1.29 is 22.5 Å². The summed E-state index contributed by atoms with van der Waals surface area (Å²) in [6.07, 6.45) is 5.54. The second-order valence-corrected chi connectivity index (χ2v) is 7.37. The number of aryl methyl sites for hydroxylation is 1. The third-order valence-electron chi connectivity index (χ3n) is 4.15. The number of ether oxygens (including phenoxy) is 1. The Morgan fingerprint density at radius 3 is 2.80 bits per heavy atom. The number of anilines is 1. The van der Waals surface area contributed by atoms with Crippen LogP contribution in [0.4, 0.5) is 14.7 Å². The summed E-state index contributed by atoms with van der Waals surface area (Å²) in [5, 5.41) is 0.449. The van der Waals surface area contributed by atoms with E-state index in [0.717, 1.165) is 12.1 Å². The third kappa shape index (κ3) is 3.72. The first-order valence-electron chi connectivity index (χ1n) is 8.50. The number of hydrogen-bond donors (Lipinski definition) is 1. The Hall–Kier alpha value is -3.44. The molecule has 4 aromatic rings. The van der Waals surface area contributed by atoms with Crippen LogP contribution in [0.25, 0.3) is 22.2 Å². The number of aromatic nitrogens is 3. The predicted molar refractivity (Wildman–Crippen MR) is 107 cm³/mol. The van der Waals surface area contributed by atoms with Crippen molar-refractivity contribution in [3.63, 3.8) is 0 Å². The lowest BCUT2D eigenvalue weighted by molar-refractivity contribution is 0.436. The molecule has 1 aromatic carbocycles. The molecule has 3 aromatic heterocycles. The van der Waals surface area contributed by atoms with Crippen molar-refractivity contribution >= 4 is 28.3 Å². The summed E-state index contributed by atoms with van der Waals surface area (Å²) in [5.74, 6) is -1.84. The van der Waals surface area contributed by atoms with Gasteiger partial charge in [-0.05, 0) is 18.2 Å². The van der Waals surface area contributed by atoms with Crippen molar-refractivity contribution in [2.24, 2.45) is 7.05 Å². The zero-order valence-electron chi connectivity index (χ0n) is 15.7. The molecule has 11 heteroatoms. The molecule has 0 bridgehead atoms. The van der Waals surface area contributed by atoms with Crippen LogP contribution in [0, 0.1) is 11.6 Å². The number of benzene rings is 1. The third-order valence-corrected chi connectivity index (χ3v) is 4.62. The molecular formula is C19H14F2N4O4S. The minimum atomic E-state index is -1.45. The van der Waals surface area contributed by atoms with E-state index in [0.29, 0.717) is 17.0 Å². The Morgan fingerprint density at radius 1 is 1.27 bits per heavy atom. The molecule has 0 fully saturated rings. The van der Waals surface area contributed by atoms with Gasteiger partial charge in [0.05, 0.1) is 23.8 Å². The van der Waals surface area contributed by atoms with E-state index in [-0.39, 0.29) is 34.3 Å². The maximum absolute atomic E-state index is 14.1. The maximum atomic E-state index is 14.1. The minimum Gasteiger partial charge on any atom is -0.593 e. The fraction of sp³-hybridized carbons (Fsp3) is 0.105. The van der Waals surface area contributed by atoms with Gasteiger partial charge in [0.15, 0.2) is 22.9 Å². The van der Waals surface area contributed by atoms with Crippen LogP contribution in [0.15, 0.2) is 52.1 Å². The molecule has 1 atom stereocenters. The van der Waals surface area contributed by atoms with E-state index < -0.39 is 23.0 Å². The quantitative estimate of drug-likeness (QED) is 0.482. The van der Waals surface area contributed by atoms with Crippen molar-refractivity contribution in [1.29, 1.82) is 0 Å². The van der Waals surface area contributed by atoms with Crippen LogP contribution in [-0.2, 0) is 18.4 Å². The topological polar surface area (TPSA) is 105 Å². The van der Waals surface area contributed by atoms with Crippen molar-refractivity contribution in [3.05, 3.63) is 64.9 Å². The molecule has 1 unspecified atom stereocenters. The maximum Gasteiger partial charge on any atom is 0.293 e. The zero-order chi connectivity index (χ0) is 21.4. The van der Waals surface area contributed by atoms with Gasteiger partial charge in [0.25, 0.3) is 11.5 Å². The average molecular weight is 432 g/mol. The summed E-state index contributed by atoms with van der Waals surface area (Å²) in [6, 6.07) is 4.46. The zero-order valence-corrected chi connectivity index (χ0v) is 16.5. The first-order valence-corrected chi connectivity index (χ1v) is 10.1. The number of fused-ring (bicyclic) bond motifs is 1. The van der Waals surface area contributed by atoms with Gasteiger partial charge >= 0.3 is 0 Å². The first kappa shape index (κ1) is 19.9. The molecule has 0 aliphatic heterocycles. The average Bonchev–Trinajstić information content (AvgIpc) is 3.18.